The van der Waals surface area contributed by atoms with Gasteiger partial charge in [0.15, 0.2) is 11.2 Å². The summed E-state index contributed by atoms with van der Waals surface area (Å²) in [6, 6.07) is 19.1. The fraction of sp³-hybridized carbons (Fsp3) is 0.379. The summed E-state index contributed by atoms with van der Waals surface area (Å²) in [6.07, 6.45) is 1.91. The zero-order valence-electron chi connectivity index (χ0n) is 20.6. The molecule has 3 heterocycles. The van der Waals surface area contributed by atoms with Gasteiger partial charge in [-0.15, -0.1) is 0 Å². The van der Waals surface area contributed by atoms with Gasteiger partial charge in [0.05, 0.1) is 56.0 Å². The highest BCUT2D eigenvalue weighted by Crippen LogP contribution is 2.69. The van der Waals surface area contributed by atoms with Crippen molar-refractivity contribution in [3.05, 3.63) is 89.2 Å². The van der Waals surface area contributed by atoms with Crippen molar-refractivity contribution in [3.8, 4) is 17.6 Å². The lowest BCUT2D eigenvalue weighted by Crippen LogP contribution is -2.52. The molecule has 0 bridgehead atoms. The molecule has 3 aliphatic rings. The number of ether oxygens (including phenoxy) is 3. The number of fused-ring (bicyclic) bond motifs is 3. The van der Waals surface area contributed by atoms with Crippen molar-refractivity contribution in [2.45, 2.75) is 23.2 Å². The SMILES string of the molecule is COc1cncc2c1[C@]1(O)[C@H](O)[C@H](CN3CCOCC3)C(c3ccccc3)[C@]1(c1ccc(C#N)cc1)O2. The molecule has 8 heteroatoms. The lowest BCUT2D eigenvalue weighted by molar-refractivity contribution is -0.152. The molecule has 0 spiro atoms. The Bertz CT molecular complexity index is 1320. The Morgan fingerprint density at radius 3 is 2.51 bits per heavy atom. The van der Waals surface area contributed by atoms with Gasteiger partial charge >= 0.3 is 0 Å². The second-order valence-electron chi connectivity index (χ2n) is 9.92. The third-order valence-electron chi connectivity index (χ3n) is 8.19. The number of hydrogen-bond acceptors (Lipinski definition) is 8. The van der Waals surface area contributed by atoms with Crippen molar-refractivity contribution in [2.24, 2.45) is 5.92 Å². The number of nitriles is 1. The monoisotopic (exact) mass is 499 g/mol. The number of aliphatic hydroxyl groups is 2. The van der Waals surface area contributed by atoms with Gasteiger partial charge in [-0.3, -0.25) is 9.88 Å². The number of aromatic nitrogens is 1. The number of nitrogens with zero attached hydrogens (tertiary/aromatic N) is 3. The highest BCUT2D eigenvalue weighted by atomic mass is 16.5. The van der Waals surface area contributed by atoms with E-state index in [1.807, 2.05) is 42.5 Å². The molecule has 6 rings (SSSR count). The minimum Gasteiger partial charge on any atom is -0.495 e. The van der Waals surface area contributed by atoms with Crippen molar-refractivity contribution in [1.82, 2.24) is 9.88 Å². The zero-order valence-corrected chi connectivity index (χ0v) is 20.6. The number of methoxy groups -OCH3 is 1. The van der Waals surface area contributed by atoms with E-state index in [0.29, 0.717) is 47.9 Å². The lowest BCUT2D eigenvalue weighted by Gasteiger charge is -2.41. The largest absolute Gasteiger partial charge is 0.495 e. The van der Waals surface area contributed by atoms with Gasteiger partial charge in [-0.2, -0.15) is 5.26 Å². The van der Waals surface area contributed by atoms with Gasteiger partial charge < -0.3 is 24.4 Å². The molecule has 37 heavy (non-hydrogen) atoms. The maximum Gasteiger partial charge on any atom is 0.177 e. The predicted molar refractivity (Wildman–Crippen MR) is 134 cm³/mol. The highest BCUT2D eigenvalue weighted by Gasteiger charge is 2.76. The molecule has 1 saturated carbocycles. The third-order valence-corrected chi connectivity index (χ3v) is 8.19. The molecule has 1 saturated heterocycles. The molecular formula is C29H29N3O5. The normalized spacial score (nSPS) is 30.7. The first-order valence-corrected chi connectivity index (χ1v) is 12.5. The van der Waals surface area contributed by atoms with Crippen LogP contribution in [0.15, 0.2) is 67.0 Å². The molecule has 8 nitrogen and oxygen atoms in total. The molecule has 0 amide bonds. The van der Waals surface area contributed by atoms with E-state index in [1.54, 1.807) is 18.3 Å². The van der Waals surface area contributed by atoms with Crippen LogP contribution in [0.2, 0.25) is 0 Å². The highest BCUT2D eigenvalue weighted by molar-refractivity contribution is 5.59. The number of rotatable bonds is 5. The van der Waals surface area contributed by atoms with Crippen molar-refractivity contribution in [1.29, 1.82) is 5.26 Å². The van der Waals surface area contributed by atoms with E-state index in [9.17, 15) is 15.5 Å². The Balaban J connectivity index is 1.61. The van der Waals surface area contributed by atoms with Crippen LogP contribution in [0.3, 0.4) is 0 Å². The Labute approximate surface area is 215 Å². The van der Waals surface area contributed by atoms with E-state index in [2.05, 4.69) is 16.0 Å². The maximum absolute atomic E-state index is 12.8. The minimum absolute atomic E-state index is 0.355. The average Bonchev–Trinajstić information content (AvgIpc) is 3.32. The Hall–Kier alpha value is -3.48. The summed E-state index contributed by atoms with van der Waals surface area (Å²) in [7, 11) is 1.52. The molecule has 2 N–H and O–H groups in total. The number of benzene rings is 2. The molecule has 2 fully saturated rings. The van der Waals surface area contributed by atoms with Gasteiger partial charge in [-0.25, -0.2) is 0 Å². The minimum atomic E-state index is -1.85. The summed E-state index contributed by atoms with van der Waals surface area (Å²) < 4.78 is 18.0. The fourth-order valence-corrected chi connectivity index (χ4v) is 6.61. The summed E-state index contributed by atoms with van der Waals surface area (Å²) in [5.41, 5.74) is -0.727. The van der Waals surface area contributed by atoms with Crippen LogP contribution in [-0.4, -0.2) is 66.2 Å². The van der Waals surface area contributed by atoms with Gasteiger partial charge in [-0.05, 0) is 23.3 Å². The third kappa shape index (κ3) is 3.39. The van der Waals surface area contributed by atoms with Crippen LogP contribution in [0.5, 0.6) is 11.5 Å². The molecule has 5 atom stereocenters. The second-order valence-corrected chi connectivity index (χ2v) is 9.92. The first-order chi connectivity index (χ1) is 18.0. The van der Waals surface area contributed by atoms with Crippen LogP contribution >= 0.6 is 0 Å². The molecule has 1 aromatic heterocycles. The molecule has 1 unspecified atom stereocenters. The summed E-state index contributed by atoms with van der Waals surface area (Å²) in [4.78, 5) is 6.54. The van der Waals surface area contributed by atoms with E-state index in [-0.39, 0.29) is 5.92 Å². The first kappa shape index (κ1) is 23.9. The topological polar surface area (TPSA) is 108 Å². The van der Waals surface area contributed by atoms with Gasteiger partial charge in [0.1, 0.15) is 11.5 Å². The van der Waals surface area contributed by atoms with Crippen molar-refractivity contribution in [2.75, 3.05) is 40.0 Å². The fourth-order valence-electron chi connectivity index (χ4n) is 6.61. The van der Waals surface area contributed by atoms with E-state index < -0.39 is 23.2 Å². The van der Waals surface area contributed by atoms with Crippen LogP contribution in [0, 0.1) is 17.2 Å². The Kier molecular flexibility index (Phi) is 5.89. The van der Waals surface area contributed by atoms with Crippen molar-refractivity contribution in [3.63, 3.8) is 0 Å². The summed E-state index contributed by atoms with van der Waals surface area (Å²) in [6.45, 7) is 3.30. The second kappa shape index (κ2) is 9.12. The van der Waals surface area contributed by atoms with Crippen LogP contribution < -0.4 is 9.47 Å². The molecule has 1 aliphatic carbocycles. The zero-order chi connectivity index (χ0) is 25.6. The molecule has 3 aromatic rings. The number of pyridine rings is 1. The van der Waals surface area contributed by atoms with Crippen LogP contribution in [0.25, 0.3) is 0 Å². The predicted octanol–water partition coefficient (Wildman–Crippen LogP) is 2.54. The maximum atomic E-state index is 12.8. The molecule has 190 valence electrons. The number of hydrogen-bond donors (Lipinski definition) is 2. The Morgan fingerprint density at radius 2 is 1.84 bits per heavy atom. The molecular weight excluding hydrogens is 470 g/mol. The average molecular weight is 500 g/mol. The molecule has 2 aromatic carbocycles. The van der Waals surface area contributed by atoms with E-state index in [1.165, 1.54) is 13.3 Å². The van der Waals surface area contributed by atoms with E-state index in [4.69, 9.17) is 14.2 Å². The van der Waals surface area contributed by atoms with Gasteiger partial charge in [0, 0.05) is 31.5 Å². The number of aliphatic hydroxyl groups excluding tert-OH is 1. The van der Waals surface area contributed by atoms with Gasteiger partial charge in [0.2, 0.25) is 0 Å². The summed E-state index contributed by atoms with van der Waals surface area (Å²) in [5.74, 6) is -0.0850. The van der Waals surface area contributed by atoms with Crippen LogP contribution in [0.1, 0.15) is 28.2 Å². The smallest absolute Gasteiger partial charge is 0.177 e. The Morgan fingerprint density at radius 1 is 1.11 bits per heavy atom. The number of morpholine rings is 1. The van der Waals surface area contributed by atoms with Gasteiger partial charge in [-0.1, -0.05) is 42.5 Å². The van der Waals surface area contributed by atoms with Crippen LogP contribution in [-0.2, 0) is 15.9 Å². The van der Waals surface area contributed by atoms with Crippen LogP contribution in [0.4, 0.5) is 0 Å². The summed E-state index contributed by atoms with van der Waals surface area (Å²) in [5, 5.41) is 34.4. The molecule has 2 aliphatic heterocycles. The van der Waals surface area contributed by atoms with Crippen molar-refractivity contribution < 1.29 is 24.4 Å². The molecule has 0 radical (unpaired) electrons. The summed E-state index contributed by atoms with van der Waals surface area (Å²) >= 11 is 0. The van der Waals surface area contributed by atoms with Crippen molar-refractivity contribution >= 4 is 0 Å². The van der Waals surface area contributed by atoms with E-state index in [0.717, 1.165) is 18.7 Å². The quantitative estimate of drug-likeness (QED) is 0.552. The standard InChI is InChI=1S/C29H29N3O5/c1-35-23-16-31-17-24-26(23)28(34)27(33)22(18-32-11-13-36-14-12-32)25(20-5-3-2-4-6-20)29(28,37-24)21-9-7-19(15-30)8-10-21/h2-10,16-17,22,25,27,33-34H,11-14,18H2,1H3/t22-,25?,27-,28+,29+/m1/s1. The first-order valence-electron chi connectivity index (χ1n) is 12.5. The van der Waals surface area contributed by atoms with Gasteiger partial charge in [0.25, 0.3) is 0 Å². The van der Waals surface area contributed by atoms with E-state index >= 15 is 0 Å². The lowest BCUT2D eigenvalue weighted by atomic mass is 9.70.